The van der Waals surface area contributed by atoms with Gasteiger partial charge in [0.05, 0.1) is 6.04 Å². The number of rotatable bonds is 6. The van der Waals surface area contributed by atoms with Crippen molar-refractivity contribution in [3.8, 4) is 11.5 Å². The first-order chi connectivity index (χ1) is 15.0. The van der Waals surface area contributed by atoms with Gasteiger partial charge in [-0.25, -0.2) is 4.79 Å². The van der Waals surface area contributed by atoms with E-state index in [4.69, 9.17) is 10.5 Å². The summed E-state index contributed by atoms with van der Waals surface area (Å²) in [6.07, 6.45) is 0. The Balaban J connectivity index is 1.64. The van der Waals surface area contributed by atoms with Crippen molar-refractivity contribution < 1.29 is 14.3 Å². The average Bonchev–Trinajstić information content (AvgIpc) is 3.05. The molecule has 0 aliphatic carbocycles. The van der Waals surface area contributed by atoms with Crippen LogP contribution in [0.2, 0.25) is 0 Å². The number of benzene rings is 3. The van der Waals surface area contributed by atoms with Crippen LogP contribution >= 0.6 is 0 Å². The second-order valence-electron chi connectivity index (χ2n) is 7.32. The summed E-state index contributed by atoms with van der Waals surface area (Å²) in [5.74, 6) is 0.785. The van der Waals surface area contributed by atoms with Crippen molar-refractivity contribution in [3.63, 3.8) is 0 Å². The van der Waals surface area contributed by atoms with Crippen LogP contribution < -0.4 is 25.6 Å². The molecule has 3 N–H and O–H groups in total. The number of urea groups is 1. The molecule has 1 saturated heterocycles. The number of primary amides is 1. The van der Waals surface area contributed by atoms with Crippen molar-refractivity contribution in [2.75, 3.05) is 22.2 Å². The summed E-state index contributed by atoms with van der Waals surface area (Å²) in [7, 11) is 1.81. The molecule has 158 valence electrons. The van der Waals surface area contributed by atoms with E-state index in [2.05, 4.69) is 5.32 Å². The molecule has 7 nitrogen and oxygen atoms in total. The van der Waals surface area contributed by atoms with E-state index in [1.807, 2.05) is 68.6 Å². The summed E-state index contributed by atoms with van der Waals surface area (Å²) in [4.78, 5) is 28.8. The molecule has 7 heteroatoms. The van der Waals surface area contributed by atoms with E-state index in [9.17, 15) is 9.59 Å². The Morgan fingerprint density at radius 2 is 1.58 bits per heavy atom. The maximum atomic E-state index is 13.4. The van der Waals surface area contributed by atoms with Crippen LogP contribution in [0.25, 0.3) is 0 Å². The highest BCUT2D eigenvalue weighted by molar-refractivity contribution is 6.12. The fourth-order valence-electron chi connectivity index (χ4n) is 3.86. The lowest BCUT2D eigenvalue weighted by Crippen LogP contribution is -2.46. The molecule has 0 spiro atoms. The van der Waals surface area contributed by atoms with Crippen LogP contribution in [0.3, 0.4) is 0 Å². The van der Waals surface area contributed by atoms with Gasteiger partial charge in [0.15, 0.2) is 0 Å². The second kappa shape index (κ2) is 8.39. The molecule has 31 heavy (non-hydrogen) atoms. The van der Waals surface area contributed by atoms with Gasteiger partial charge in [0.1, 0.15) is 17.5 Å². The summed E-state index contributed by atoms with van der Waals surface area (Å²) >= 11 is 0. The van der Waals surface area contributed by atoms with Crippen molar-refractivity contribution >= 4 is 29.0 Å². The number of carbonyl (C=O) groups excluding carboxylic acids is 2. The first kappa shape index (κ1) is 20.3. The molecule has 0 bridgehead atoms. The van der Waals surface area contributed by atoms with Crippen LogP contribution in [-0.4, -0.2) is 31.1 Å². The lowest BCUT2D eigenvalue weighted by atomic mass is 10.1. The number of nitrogens with one attached hydrogen (secondary N) is 1. The number of ether oxygens (including phenoxy) is 1. The van der Waals surface area contributed by atoms with Crippen molar-refractivity contribution in [1.29, 1.82) is 0 Å². The highest BCUT2D eigenvalue weighted by atomic mass is 16.5. The normalized spacial score (nSPS) is 18.2. The van der Waals surface area contributed by atoms with Gasteiger partial charge in [-0.1, -0.05) is 24.3 Å². The molecule has 2 unspecified atom stereocenters. The SMILES string of the molecule is CNc1cccc(N2C(=O)N(c3ccc(Oc4ccccc4)cc3)C(C(N)=O)C2C)c1. The Labute approximate surface area is 181 Å². The minimum absolute atomic E-state index is 0.304. The molecule has 1 heterocycles. The molecule has 3 amide bonds. The number of hydrogen-bond acceptors (Lipinski definition) is 4. The zero-order chi connectivity index (χ0) is 22.0. The average molecular weight is 416 g/mol. The highest BCUT2D eigenvalue weighted by Crippen LogP contribution is 2.35. The Hall–Kier alpha value is -4.00. The Kier molecular flexibility index (Phi) is 5.49. The Morgan fingerprint density at radius 3 is 2.23 bits per heavy atom. The van der Waals surface area contributed by atoms with Crippen LogP contribution in [0, 0.1) is 0 Å². The number of para-hydroxylation sites is 1. The van der Waals surface area contributed by atoms with Crippen LogP contribution in [0.4, 0.5) is 21.9 Å². The minimum atomic E-state index is -0.799. The van der Waals surface area contributed by atoms with Crippen LogP contribution in [0.15, 0.2) is 78.9 Å². The number of anilines is 3. The molecule has 2 atom stereocenters. The molecule has 3 aromatic rings. The third-order valence-electron chi connectivity index (χ3n) is 5.35. The fourth-order valence-corrected chi connectivity index (χ4v) is 3.86. The lowest BCUT2D eigenvalue weighted by molar-refractivity contribution is -0.119. The van der Waals surface area contributed by atoms with E-state index < -0.39 is 18.0 Å². The van der Waals surface area contributed by atoms with E-state index in [-0.39, 0.29) is 6.03 Å². The first-order valence-electron chi connectivity index (χ1n) is 10.0. The standard InChI is InChI=1S/C24H24N4O3/c1-16-22(23(25)29)28(24(30)27(16)19-8-6-7-17(15-19)26-2)18-11-13-21(14-12-18)31-20-9-4-3-5-10-20/h3-16,22,26H,1-2H3,(H2,25,29). The topological polar surface area (TPSA) is 87.9 Å². The van der Waals surface area contributed by atoms with Crippen LogP contribution in [0.5, 0.6) is 11.5 Å². The molecule has 3 aromatic carbocycles. The Bertz CT molecular complexity index is 1090. The lowest BCUT2D eigenvalue weighted by Gasteiger charge is -2.22. The number of amides is 3. The third-order valence-corrected chi connectivity index (χ3v) is 5.35. The van der Waals surface area contributed by atoms with Gasteiger partial charge in [0.25, 0.3) is 0 Å². The summed E-state index contributed by atoms with van der Waals surface area (Å²) in [5, 5.41) is 3.07. The molecular weight excluding hydrogens is 392 g/mol. The van der Waals surface area contributed by atoms with E-state index >= 15 is 0 Å². The predicted octanol–water partition coefficient (Wildman–Crippen LogP) is 4.21. The molecule has 1 aliphatic heterocycles. The molecule has 4 rings (SSSR count). The second-order valence-corrected chi connectivity index (χ2v) is 7.32. The molecule has 0 aromatic heterocycles. The minimum Gasteiger partial charge on any atom is -0.457 e. The summed E-state index contributed by atoms with van der Waals surface area (Å²) < 4.78 is 5.82. The van der Waals surface area contributed by atoms with Gasteiger partial charge in [-0.05, 0) is 61.5 Å². The highest BCUT2D eigenvalue weighted by Gasteiger charge is 2.47. The summed E-state index contributed by atoms with van der Waals surface area (Å²) in [5.41, 5.74) is 7.85. The molecular formula is C24H24N4O3. The molecule has 0 saturated carbocycles. The van der Waals surface area contributed by atoms with Crippen LogP contribution in [-0.2, 0) is 4.79 Å². The molecule has 1 aliphatic rings. The van der Waals surface area contributed by atoms with E-state index in [1.54, 1.807) is 29.2 Å². The van der Waals surface area contributed by atoms with Gasteiger partial charge < -0.3 is 15.8 Å². The number of nitrogens with zero attached hydrogens (tertiary/aromatic N) is 2. The smallest absolute Gasteiger partial charge is 0.330 e. The van der Waals surface area contributed by atoms with Crippen molar-refractivity contribution in [2.45, 2.75) is 19.0 Å². The third kappa shape index (κ3) is 3.90. The Morgan fingerprint density at radius 1 is 0.903 bits per heavy atom. The van der Waals surface area contributed by atoms with Crippen molar-refractivity contribution in [3.05, 3.63) is 78.9 Å². The van der Waals surface area contributed by atoms with Gasteiger partial charge in [-0.3, -0.25) is 14.6 Å². The van der Waals surface area contributed by atoms with Gasteiger partial charge in [0.2, 0.25) is 5.91 Å². The number of hydrogen-bond donors (Lipinski definition) is 2. The summed E-state index contributed by atoms with van der Waals surface area (Å²) in [6.45, 7) is 1.83. The van der Waals surface area contributed by atoms with Crippen molar-refractivity contribution in [1.82, 2.24) is 0 Å². The number of carbonyl (C=O) groups is 2. The van der Waals surface area contributed by atoms with Gasteiger partial charge in [0, 0.05) is 24.1 Å². The maximum absolute atomic E-state index is 13.4. The first-order valence-corrected chi connectivity index (χ1v) is 10.0. The van der Waals surface area contributed by atoms with E-state index in [0.717, 1.165) is 5.69 Å². The quantitative estimate of drug-likeness (QED) is 0.630. The predicted molar refractivity (Wildman–Crippen MR) is 122 cm³/mol. The number of nitrogens with two attached hydrogens (primary N) is 1. The van der Waals surface area contributed by atoms with Gasteiger partial charge in [-0.2, -0.15) is 0 Å². The van der Waals surface area contributed by atoms with E-state index in [0.29, 0.717) is 22.9 Å². The maximum Gasteiger partial charge on any atom is 0.330 e. The molecule has 1 fully saturated rings. The fraction of sp³-hybridized carbons (Fsp3) is 0.167. The van der Waals surface area contributed by atoms with Gasteiger partial charge in [-0.15, -0.1) is 0 Å². The van der Waals surface area contributed by atoms with E-state index in [1.165, 1.54) is 4.90 Å². The zero-order valence-corrected chi connectivity index (χ0v) is 17.4. The van der Waals surface area contributed by atoms with Crippen molar-refractivity contribution in [2.24, 2.45) is 5.73 Å². The summed E-state index contributed by atoms with van der Waals surface area (Å²) in [6, 6.07) is 22.4. The monoisotopic (exact) mass is 416 g/mol. The van der Waals surface area contributed by atoms with Crippen LogP contribution in [0.1, 0.15) is 6.92 Å². The zero-order valence-electron chi connectivity index (χ0n) is 17.4. The molecule has 0 radical (unpaired) electrons. The largest absolute Gasteiger partial charge is 0.457 e. The van der Waals surface area contributed by atoms with Gasteiger partial charge >= 0.3 is 6.03 Å².